The first-order chi connectivity index (χ1) is 11.9. The molecule has 3 rings (SSSR count). The number of hydrogen-bond donors (Lipinski definition) is 1. The quantitative estimate of drug-likeness (QED) is 0.580. The molecule has 3 aromatic rings. The summed E-state index contributed by atoms with van der Waals surface area (Å²) in [6.45, 7) is 0. The molecule has 0 fully saturated rings. The number of pyridine rings is 2. The molecule has 2 aromatic heterocycles. The molecular formula is C16H11FN4O4. The lowest BCUT2D eigenvalue weighted by atomic mass is 10.2. The standard InChI is InChI=1S/C16H11FN4O4/c1-20-14-9(3-2-6-18-14)7-11(16(20)23)15(22)19-10-4-5-12(17)13(8-10)21(24)25/h2-8H,1H3,(H,19,22). The molecule has 1 amide bonds. The Balaban J connectivity index is 2.01. The van der Waals surface area contributed by atoms with Crippen LogP contribution in [-0.2, 0) is 7.05 Å². The Morgan fingerprint density at radius 2 is 2.08 bits per heavy atom. The number of hydrogen-bond acceptors (Lipinski definition) is 5. The first kappa shape index (κ1) is 16.2. The fraction of sp³-hybridized carbons (Fsp3) is 0.0625. The Morgan fingerprint density at radius 1 is 1.32 bits per heavy atom. The van der Waals surface area contributed by atoms with Crippen LogP contribution in [0.15, 0.2) is 47.4 Å². The predicted molar refractivity (Wildman–Crippen MR) is 88.0 cm³/mol. The van der Waals surface area contributed by atoms with Gasteiger partial charge in [0.2, 0.25) is 5.82 Å². The third kappa shape index (κ3) is 2.94. The van der Waals surface area contributed by atoms with Crippen molar-refractivity contribution in [3.05, 3.63) is 74.4 Å². The molecule has 0 saturated carbocycles. The molecule has 126 valence electrons. The summed E-state index contributed by atoms with van der Waals surface area (Å²) in [6.07, 6.45) is 1.53. The third-order valence-corrected chi connectivity index (χ3v) is 3.61. The van der Waals surface area contributed by atoms with Crippen molar-refractivity contribution in [1.29, 1.82) is 0 Å². The van der Waals surface area contributed by atoms with Gasteiger partial charge in [0, 0.05) is 30.4 Å². The molecule has 0 saturated heterocycles. The van der Waals surface area contributed by atoms with Crippen LogP contribution in [0.4, 0.5) is 15.8 Å². The number of benzene rings is 1. The van der Waals surface area contributed by atoms with E-state index in [0.29, 0.717) is 11.0 Å². The molecule has 25 heavy (non-hydrogen) atoms. The molecule has 0 aliphatic carbocycles. The molecule has 0 unspecified atom stereocenters. The minimum atomic E-state index is -1.02. The van der Waals surface area contributed by atoms with Crippen LogP contribution in [0, 0.1) is 15.9 Å². The number of nitro benzene ring substituents is 1. The monoisotopic (exact) mass is 342 g/mol. The van der Waals surface area contributed by atoms with Gasteiger partial charge in [-0.3, -0.25) is 24.3 Å². The van der Waals surface area contributed by atoms with E-state index < -0.39 is 27.9 Å². The van der Waals surface area contributed by atoms with E-state index in [-0.39, 0.29) is 11.3 Å². The van der Waals surface area contributed by atoms with Crippen molar-refractivity contribution < 1.29 is 14.1 Å². The van der Waals surface area contributed by atoms with Gasteiger partial charge in [-0.2, -0.15) is 4.39 Å². The number of carbonyl (C=O) groups is 1. The van der Waals surface area contributed by atoms with E-state index in [1.54, 1.807) is 12.1 Å². The van der Waals surface area contributed by atoms with Gasteiger partial charge >= 0.3 is 5.69 Å². The zero-order valence-electron chi connectivity index (χ0n) is 12.9. The maximum absolute atomic E-state index is 13.4. The Hall–Kier alpha value is -3.62. The molecule has 0 aliphatic heterocycles. The molecule has 8 nitrogen and oxygen atoms in total. The largest absolute Gasteiger partial charge is 0.322 e. The van der Waals surface area contributed by atoms with Gasteiger partial charge in [-0.25, -0.2) is 4.98 Å². The lowest BCUT2D eigenvalue weighted by Gasteiger charge is -2.09. The fourth-order valence-corrected chi connectivity index (χ4v) is 2.39. The molecule has 1 aromatic carbocycles. The average Bonchev–Trinajstić information content (AvgIpc) is 2.59. The minimum Gasteiger partial charge on any atom is -0.322 e. The molecular weight excluding hydrogens is 331 g/mol. The van der Waals surface area contributed by atoms with Crippen molar-refractivity contribution in [1.82, 2.24) is 9.55 Å². The molecule has 2 heterocycles. The summed E-state index contributed by atoms with van der Waals surface area (Å²) < 4.78 is 14.6. The number of fused-ring (bicyclic) bond motifs is 1. The number of rotatable bonds is 3. The molecule has 1 N–H and O–H groups in total. The van der Waals surface area contributed by atoms with Crippen LogP contribution in [0.2, 0.25) is 0 Å². The number of aryl methyl sites for hydroxylation is 1. The maximum Gasteiger partial charge on any atom is 0.306 e. The highest BCUT2D eigenvalue weighted by molar-refractivity contribution is 6.05. The second kappa shape index (κ2) is 6.11. The lowest BCUT2D eigenvalue weighted by Crippen LogP contribution is -2.28. The van der Waals surface area contributed by atoms with Crippen molar-refractivity contribution in [2.45, 2.75) is 0 Å². The van der Waals surface area contributed by atoms with Crippen LogP contribution in [0.3, 0.4) is 0 Å². The van der Waals surface area contributed by atoms with Crippen LogP contribution < -0.4 is 10.9 Å². The topological polar surface area (TPSA) is 107 Å². The molecule has 0 spiro atoms. The zero-order valence-corrected chi connectivity index (χ0v) is 12.9. The van der Waals surface area contributed by atoms with Gasteiger partial charge in [-0.05, 0) is 30.3 Å². The summed E-state index contributed by atoms with van der Waals surface area (Å²) in [5.74, 6) is -1.78. The van der Waals surface area contributed by atoms with E-state index >= 15 is 0 Å². The van der Waals surface area contributed by atoms with Crippen molar-refractivity contribution in [3.63, 3.8) is 0 Å². The van der Waals surface area contributed by atoms with Crippen molar-refractivity contribution in [2.24, 2.45) is 7.05 Å². The second-order valence-electron chi connectivity index (χ2n) is 5.22. The highest BCUT2D eigenvalue weighted by atomic mass is 19.1. The number of nitro groups is 1. The normalized spacial score (nSPS) is 10.6. The number of nitrogens with one attached hydrogen (secondary N) is 1. The van der Waals surface area contributed by atoms with Gasteiger partial charge in [-0.1, -0.05) is 0 Å². The summed E-state index contributed by atoms with van der Waals surface area (Å²) in [6, 6.07) is 7.68. The Kier molecular flexibility index (Phi) is 3.97. The summed E-state index contributed by atoms with van der Waals surface area (Å²) in [7, 11) is 1.48. The molecule has 0 bridgehead atoms. The third-order valence-electron chi connectivity index (χ3n) is 3.61. The number of halogens is 1. The van der Waals surface area contributed by atoms with Gasteiger partial charge in [0.05, 0.1) is 4.92 Å². The van der Waals surface area contributed by atoms with Crippen LogP contribution in [-0.4, -0.2) is 20.4 Å². The lowest BCUT2D eigenvalue weighted by molar-refractivity contribution is -0.387. The highest BCUT2D eigenvalue weighted by Crippen LogP contribution is 2.22. The molecule has 9 heteroatoms. The van der Waals surface area contributed by atoms with Crippen molar-refractivity contribution in [3.8, 4) is 0 Å². The molecule has 0 radical (unpaired) electrons. The van der Waals surface area contributed by atoms with Gasteiger partial charge in [0.1, 0.15) is 11.2 Å². The summed E-state index contributed by atoms with van der Waals surface area (Å²) >= 11 is 0. The van der Waals surface area contributed by atoms with Gasteiger partial charge in [0.15, 0.2) is 0 Å². The number of anilines is 1. The van der Waals surface area contributed by atoms with E-state index in [1.165, 1.54) is 29.9 Å². The number of carbonyl (C=O) groups excluding carboxylic acids is 1. The van der Waals surface area contributed by atoms with Gasteiger partial charge in [0.25, 0.3) is 11.5 Å². The Bertz CT molecular complexity index is 1080. The van der Waals surface area contributed by atoms with Crippen molar-refractivity contribution in [2.75, 3.05) is 5.32 Å². The van der Waals surface area contributed by atoms with Crippen LogP contribution in [0.5, 0.6) is 0 Å². The Morgan fingerprint density at radius 3 is 2.80 bits per heavy atom. The zero-order chi connectivity index (χ0) is 18.1. The SMILES string of the molecule is Cn1c(=O)c(C(=O)Nc2ccc(F)c([N+](=O)[O-])c2)cc2cccnc21. The van der Waals surface area contributed by atoms with E-state index in [1.807, 2.05) is 0 Å². The molecule has 0 aliphatic rings. The molecule has 0 atom stereocenters. The van der Waals surface area contributed by atoms with Crippen molar-refractivity contribution >= 4 is 28.3 Å². The smallest absolute Gasteiger partial charge is 0.306 e. The minimum absolute atomic E-state index is 0.00596. The van der Waals surface area contributed by atoms with Gasteiger partial charge < -0.3 is 5.32 Å². The number of nitrogens with zero attached hydrogens (tertiary/aromatic N) is 3. The van der Waals surface area contributed by atoms with E-state index in [4.69, 9.17) is 0 Å². The predicted octanol–water partition coefficient (Wildman–Crippen LogP) is 2.23. The second-order valence-corrected chi connectivity index (χ2v) is 5.22. The summed E-state index contributed by atoms with van der Waals surface area (Å²) in [5.41, 5.74) is -1.07. The number of amides is 1. The van der Waals surface area contributed by atoms with E-state index in [0.717, 1.165) is 12.1 Å². The Labute approximate surface area is 139 Å². The fourth-order valence-electron chi connectivity index (χ4n) is 2.39. The first-order valence-corrected chi connectivity index (χ1v) is 7.08. The summed E-state index contributed by atoms with van der Waals surface area (Å²) in [4.78, 5) is 38.7. The maximum atomic E-state index is 13.4. The van der Waals surface area contributed by atoms with E-state index in [2.05, 4.69) is 10.3 Å². The van der Waals surface area contributed by atoms with Crippen LogP contribution in [0.1, 0.15) is 10.4 Å². The van der Waals surface area contributed by atoms with E-state index in [9.17, 15) is 24.1 Å². The van der Waals surface area contributed by atoms with Crippen LogP contribution >= 0.6 is 0 Å². The highest BCUT2D eigenvalue weighted by Gasteiger charge is 2.18. The van der Waals surface area contributed by atoms with Gasteiger partial charge in [-0.15, -0.1) is 0 Å². The number of aromatic nitrogens is 2. The van der Waals surface area contributed by atoms with Crippen LogP contribution in [0.25, 0.3) is 11.0 Å². The summed E-state index contributed by atoms with van der Waals surface area (Å²) in [5, 5.41) is 13.7. The first-order valence-electron chi connectivity index (χ1n) is 7.08. The average molecular weight is 342 g/mol.